The van der Waals surface area contributed by atoms with Gasteiger partial charge in [0, 0.05) is 37.3 Å². The molecule has 0 aliphatic heterocycles. The number of hydrogen-bond donors (Lipinski definition) is 3. The number of anilines is 2. The topological polar surface area (TPSA) is 166 Å². The van der Waals surface area contributed by atoms with Crippen molar-refractivity contribution in [3.8, 4) is 11.1 Å². The lowest BCUT2D eigenvalue weighted by Crippen LogP contribution is -2.10. The van der Waals surface area contributed by atoms with E-state index in [4.69, 9.17) is 10.3 Å². The maximum atomic E-state index is 12.9. The Morgan fingerprint density at radius 3 is 2.17 bits per heavy atom. The molecule has 2 heterocycles. The second-order valence-corrected chi connectivity index (χ2v) is 13.4. The van der Waals surface area contributed by atoms with Gasteiger partial charge < -0.3 is 11.1 Å². The minimum atomic E-state index is -4.09. The first-order valence-corrected chi connectivity index (χ1v) is 16.6. The molecule has 1 amide bonds. The van der Waals surface area contributed by atoms with Crippen molar-refractivity contribution in [2.24, 2.45) is 7.05 Å². The molecular formula is C33H29N5O6S2. The summed E-state index contributed by atoms with van der Waals surface area (Å²) in [6.07, 6.45) is 9.32. The molecule has 234 valence electrons. The number of nitrogens with one attached hydrogen (secondary N) is 1. The van der Waals surface area contributed by atoms with Crippen LogP contribution in [0.3, 0.4) is 0 Å². The van der Waals surface area contributed by atoms with Crippen molar-refractivity contribution in [3.05, 3.63) is 133 Å². The Bertz CT molecular complexity index is 2270. The van der Waals surface area contributed by atoms with Crippen LogP contribution in [0.4, 0.5) is 11.4 Å². The second-order valence-electron chi connectivity index (χ2n) is 10.1. The third kappa shape index (κ3) is 7.58. The fourth-order valence-electron chi connectivity index (χ4n) is 4.44. The summed E-state index contributed by atoms with van der Waals surface area (Å²) < 4.78 is 59.2. The maximum absolute atomic E-state index is 12.9. The Labute approximate surface area is 266 Å². The van der Waals surface area contributed by atoms with E-state index in [1.165, 1.54) is 36.7 Å². The van der Waals surface area contributed by atoms with Gasteiger partial charge in [-0.3, -0.25) is 14.0 Å². The summed E-state index contributed by atoms with van der Waals surface area (Å²) in [7, 11) is -6.03. The predicted octanol–water partition coefficient (Wildman–Crippen LogP) is 5.45. The molecule has 0 saturated heterocycles. The van der Waals surface area contributed by atoms with Crippen molar-refractivity contribution >= 4 is 54.3 Å². The Morgan fingerprint density at radius 1 is 0.826 bits per heavy atom. The highest BCUT2D eigenvalue weighted by atomic mass is 32.2. The highest BCUT2D eigenvalue weighted by Gasteiger charge is 2.17. The van der Waals surface area contributed by atoms with Crippen LogP contribution in [0.1, 0.15) is 5.56 Å². The molecule has 0 unspecified atom stereocenters. The number of nitrogens with zero attached hydrogens (tertiary/aromatic N) is 3. The summed E-state index contributed by atoms with van der Waals surface area (Å²) >= 11 is 0. The number of aryl methyl sites for hydroxylation is 1. The van der Waals surface area contributed by atoms with Gasteiger partial charge in [0.05, 0.1) is 27.4 Å². The predicted molar refractivity (Wildman–Crippen MR) is 178 cm³/mol. The number of amides is 1. The molecule has 0 radical (unpaired) electrons. The second kappa shape index (κ2) is 13.2. The van der Waals surface area contributed by atoms with Crippen LogP contribution in [0, 0.1) is 0 Å². The normalized spacial score (nSPS) is 11.7. The summed E-state index contributed by atoms with van der Waals surface area (Å²) in [6, 6.07) is 27.0. The summed E-state index contributed by atoms with van der Waals surface area (Å²) in [5.41, 5.74) is 9.13. The van der Waals surface area contributed by atoms with Crippen LogP contribution in [0.25, 0.3) is 28.0 Å². The van der Waals surface area contributed by atoms with Crippen LogP contribution in [-0.4, -0.2) is 41.0 Å². The number of fused-ring (bicyclic) bond motifs is 1. The number of nitrogens with two attached hydrogens (primary N) is 1. The maximum Gasteiger partial charge on any atom is 0.294 e. The van der Waals surface area contributed by atoms with Gasteiger partial charge in [-0.1, -0.05) is 54.6 Å². The molecule has 0 atom stereocenters. The van der Waals surface area contributed by atoms with Crippen molar-refractivity contribution in [2.45, 2.75) is 9.79 Å². The molecule has 0 spiro atoms. The van der Waals surface area contributed by atoms with Crippen LogP contribution in [0.2, 0.25) is 0 Å². The third-order valence-electron chi connectivity index (χ3n) is 6.82. The van der Waals surface area contributed by atoms with E-state index in [9.17, 15) is 21.6 Å². The molecule has 6 rings (SSSR count). The smallest absolute Gasteiger partial charge is 0.294 e. The Kier molecular flexibility index (Phi) is 9.18. The first kappa shape index (κ1) is 31.9. The van der Waals surface area contributed by atoms with E-state index in [0.29, 0.717) is 16.9 Å². The molecule has 46 heavy (non-hydrogen) atoms. The minimum absolute atomic E-state index is 0.0730. The summed E-state index contributed by atoms with van der Waals surface area (Å²) in [6.45, 7) is 0. The third-order valence-corrected chi connectivity index (χ3v) is 9.32. The summed E-state index contributed by atoms with van der Waals surface area (Å²) in [5, 5.41) is 8.55. The average Bonchev–Trinajstić information content (AvgIpc) is 3.71. The van der Waals surface area contributed by atoms with Crippen LogP contribution < -0.4 is 11.1 Å². The highest BCUT2D eigenvalue weighted by molar-refractivity contribution is 7.90. The molecule has 13 heteroatoms. The quantitative estimate of drug-likeness (QED) is 0.116. The molecule has 0 aliphatic rings. The first-order valence-electron chi connectivity index (χ1n) is 13.7. The summed E-state index contributed by atoms with van der Waals surface area (Å²) in [4.78, 5) is 12.2. The molecule has 4 aromatic carbocycles. The zero-order valence-corrected chi connectivity index (χ0v) is 26.1. The molecule has 0 fully saturated rings. The van der Waals surface area contributed by atoms with E-state index in [1.807, 2.05) is 31.4 Å². The number of rotatable bonds is 7. The number of hydrogen-bond acceptors (Lipinski definition) is 7. The van der Waals surface area contributed by atoms with Crippen LogP contribution in [0.15, 0.2) is 138 Å². The van der Waals surface area contributed by atoms with Crippen LogP contribution >= 0.6 is 0 Å². The molecule has 4 N–H and O–H groups in total. The monoisotopic (exact) mass is 655 g/mol. The van der Waals surface area contributed by atoms with Crippen molar-refractivity contribution in [1.82, 2.24) is 13.8 Å². The average molecular weight is 656 g/mol. The van der Waals surface area contributed by atoms with Gasteiger partial charge in [-0.2, -0.15) is 13.5 Å². The first-order chi connectivity index (χ1) is 21.9. The van der Waals surface area contributed by atoms with Crippen molar-refractivity contribution in [1.29, 1.82) is 0 Å². The van der Waals surface area contributed by atoms with Crippen molar-refractivity contribution < 1.29 is 26.2 Å². The van der Waals surface area contributed by atoms with Crippen LogP contribution in [-0.2, 0) is 32.0 Å². The Morgan fingerprint density at radius 2 is 1.50 bits per heavy atom. The van der Waals surface area contributed by atoms with E-state index >= 15 is 0 Å². The molecular weight excluding hydrogens is 627 g/mol. The number of nitrogen functional groups attached to an aromatic ring is 1. The molecule has 6 aromatic rings. The lowest BCUT2D eigenvalue weighted by atomic mass is 10.1. The lowest BCUT2D eigenvalue weighted by Gasteiger charge is -2.06. The standard InChI is InChI=1S/C23H21N5O3S.C10H8O3S/c1-27-16-19(14-25-27)18-7-9-20(10-8-18)32(30,31)28-13-12-17(15-28)6-11-23(29)26-22-5-3-2-4-21(22)24;11-14(12,13)10-6-5-8-3-1-2-4-9(8)7-10/h2-16H,24H2,1H3,(H,26,29);1-7H,(H,11,12,13)/b11-6+;. The molecule has 11 nitrogen and oxygen atoms in total. The van der Waals surface area contributed by atoms with Gasteiger partial charge in [0.1, 0.15) is 0 Å². The van der Waals surface area contributed by atoms with Gasteiger partial charge in [0.15, 0.2) is 0 Å². The number of benzene rings is 4. The van der Waals surface area contributed by atoms with E-state index in [-0.39, 0.29) is 15.7 Å². The van der Waals surface area contributed by atoms with Gasteiger partial charge in [0.25, 0.3) is 20.1 Å². The Hall–Kier alpha value is -5.50. The minimum Gasteiger partial charge on any atom is -0.397 e. The fraction of sp³-hybridized carbons (Fsp3) is 0.0303. The highest BCUT2D eigenvalue weighted by Crippen LogP contribution is 2.23. The van der Waals surface area contributed by atoms with E-state index in [0.717, 1.165) is 25.9 Å². The Balaban J connectivity index is 0.000000247. The zero-order valence-electron chi connectivity index (χ0n) is 24.4. The molecule has 0 aliphatic carbocycles. The summed E-state index contributed by atoms with van der Waals surface area (Å²) in [5.74, 6) is -0.371. The van der Waals surface area contributed by atoms with Crippen molar-refractivity contribution in [3.63, 3.8) is 0 Å². The molecule has 0 saturated carbocycles. The van der Waals surface area contributed by atoms with Gasteiger partial charge in [-0.25, -0.2) is 12.4 Å². The van der Waals surface area contributed by atoms with Gasteiger partial charge in [0.2, 0.25) is 5.91 Å². The number of carbonyl (C=O) groups is 1. The number of para-hydroxylation sites is 2. The van der Waals surface area contributed by atoms with Gasteiger partial charge in [-0.15, -0.1) is 0 Å². The SMILES string of the molecule is Cn1cc(-c2ccc(S(=O)(=O)n3ccc(/C=C/C(=O)Nc4ccccc4N)c3)cc2)cn1.O=S(=O)(O)c1ccc2ccccc2c1. The van der Waals surface area contributed by atoms with Crippen LogP contribution in [0.5, 0.6) is 0 Å². The van der Waals surface area contributed by atoms with Crippen molar-refractivity contribution in [2.75, 3.05) is 11.1 Å². The van der Waals surface area contributed by atoms with E-state index in [2.05, 4.69) is 10.4 Å². The number of aromatic nitrogens is 3. The fourth-order valence-corrected chi connectivity index (χ4v) is 6.16. The lowest BCUT2D eigenvalue weighted by molar-refractivity contribution is -0.111. The molecule has 2 aromatic heterocycles. The largest absolute Gasteiger partial charge is 0.397 e. The number of carbonyl (C=O) groups excluding carboxylic acids is 1. The van der Waals surface area contributed by atoms with Gasteiger partial charge in [-0.05, 0) is 70.4 Å². The van der Waals surface area contributed by atoms with E-state index < -0.39 is 20.1 Å². The van der Waals surface area contributed by atoms with E-state index in [1.54, 1.807) is 77.6 Å². The van der Waals surface area contributed by atoms with Gasteiger partial charge >= 0.3 is 0 Å². The molecule has 0 bridgehead atoms. The zero-order chi connectivity index (χ0) is 32.9.